The molecule has 0 fully saturated rings. The SMILES string of the molecule is N=C(CS(=O)O)C(=O)OCc1ccccc1. The van der Waals surface area contributed by atoms with E-state index in [2.05, 4.69) is 0 Å². The van der Waals surface area contributed by atoms with Gasteiger partial charge in [-0.05, 0) is 5.56 Å². The predicted molar refractivity (Wildman–Crippen MR) is 59.6 cm³/mol. The lowest BCUT2D eigenvalue weighted by Crippen LogP contribution is -2.22. The van der Waals surface area contributed by atoms with Crippen molar-refractivity contribution in [3.05, 3.63) is 35.9 Å². The first kappa shape index (κ1) is 12.5. The highest BCUT2D eigenvalue weighted by Gasteiger charge is 2.13. The van der Waals surface area contributed by atoms with Crippen LogP contribution in [0.4, 0.5) is 0 Å². The Kier molecular flexibility index (Phi) is 4.81. The fraction of sp³-hybridized carbons (Fsp3) is 0.200. The minimum Gasteiger partial charge on any atom is -0.456 e. The van der Waals surface area contributed by atoms with E-state index in [-0.39, 0.29) is 6.61 Å². The zero-order chi connectivity index (χ0) is 12.0. The summed E-state index contributed by atoms with van der Waals surface area (Å²) >= 11 is -2.19. The Bertz CT molecular complexity index is 405. The summed E-state index contributed by atoms with van der Waals surface area (Å²) in [5.74, 6) is -1.38. The monoisotopic (exact) mass is 241 g/mol. The van der Waals surface area contributed by atoms with Crippen LogP contribution < -0.4 is 0 Å². The Morgan fingerprint density at radius 2 is 2.00 bits per heavy atom. The van der Waals surface area contributed by atoms with Gasteiger partial charge in [-0.15, -0.1) is 0 Å². The molecule has 1 unspecified atom stereocenters. The highest BCUT2D eigenvalue weighted by atomic mass is 32.2. The second kappa shape index (κ2) is 6.14. The smallest absolute Gasteiger partial charge is 0.353 e. The molecule has 1 rings (SSSR count). The summed E-state index contributed by atoms with van der Waals surface area (Å²) in [6.07, 6.45) is 0. The van der Waals surface area contributed by atoms with Crippen LogP contribution in [-0.4, -0.2) is 26.2 Å². The number of hydrogen-bond acceptors (Lipinski definition) is 4. The van der Waals surface area contributed by atoms with Gasteiger partial charge < -0.3 is 9.29 Å². The molecule has 0 heterocycles. The molecule has 0 aliphatic carbocycles. The zero-order valence-corrected chi connectivity index (χ0v) is 9.20. The highest BCUT2D eigenvalue weighted by molar-refractivity contribution is 7.80. The van der Waals surface area contributed by atoms with Gasteiger partial charge in [0.25, 0.3) is 0 Å². The van der Waals surface area contributed by atoms with Crippen molar-refractivity contribution >= 4 is 22.8 Å². The molecule has 0 saturated heterocycles. The van der Waals surface area contributed by atoms with Crippen molar-refractivity contribution in [2.24, 2.45) is 0 Å². The van der Waals surface area contributed by atoms with Crippen LogP contribution in [0.3, 0.4) is 0 Å². The van der Waals surface area contributed by atoms with E-state index >= 15 is 0 Å². The highest BCUT2D eigenvalue weighted by Crippen LogP contribution is 2.01. The summed E-state index contributed by atoms with van der Waals surface area (Å²) in [6.45, 7) is 0.0557. The van der Waals surface area contributed by atoms with Gasteiger partial charge in [-0.25, -0.2) is 9.00 Å². The summed E-state index contributed by atoms with van der Waals surface area (Å²) in [5, 5.41) is 7.16. The minimum atomic E-state index is -2.19. The summed E-state index contributed by atoms with van der Waals surface area (Å²) in [5.41, 5.74) is 0.297. The number of carbonyl (C=O) groups excluding carboxylic acids is 1. The van der Waals surface area contributed by atoms with Gasteiger partial charge in [0.15, 0.2) is 11.1 Å². The van der Waals surface area contributed by atoms with E-state index in [1.165, 1.54) is 0 Å². The Balaban J connectivity index is 2.41. The number of esters is 1. The zero-order valence-electron chi connectivity index (χ0n) is 8.38. The van der Waals surface area contributed by atoms with Gasteiger partial charge in [0.1, 0.15) is 12.3 Å². The number of carbonyl (C=O) groups is 1. The second-order valence-electron chi connectivity index (χ2n) is 3.01. The van der Waals surface area contributed by atoms with Gasteiger partial charge >= 0.3 is 5.97 Å². The maximum atomic E-state index is 11.2. The first-order valence-corrected chi connectivity index (χ1v) is 5.73. The molecule has 16 heavy (non-hydrogen) atoms. The maximum Gasteiger partial charge on any atom is 0.353 e. The minimum absolute atomic E-state index is 0.0557. The molecule has 0 aliphatic rings. The molecule has 1 aromatic rings. The van der Waals surface area contributed by atoms with Crippen molar-refractivity contribution in [2.45, 2.75) is 6.61 Å². The van der Waals surface area contributed by atoms with Crippen LogP contribution >= 0.6 is 0 Å². The standard InChI is InChI=1S/C10H11NO4S/c11-9(7-16(13)14)10(12)15-6-8-4-2-1-3-5-8/h1-5,11H,6-7H2,(H,13,14). The topological polar surface area (TPSA) is 87.5 Å². The number of rotatable bonds is 5. The van der Waals surface area contributed by atoms with Gasteiger partial charge in [0, 0.05) is 0 Å². The fourth-order valence-electron chi connectivity index (χ4n) is 0.993. The van der Waals surface area contributed by atoms with E-state index in [0.29, 0.717) is 0 Å². The third kappa shape index (κ3) is 4.33. The molecule has 2 N–H and O–H groups in total. The summed E-state index contributed by atoms with van der Waals surface area (Å²) in [4.78, 5) is 11.2. The van der Waals surface area contributed by atoms with Crippen LogP contribution in [0.1, 0.15) is 5.56 Å². The number of benzene rings is 1. The van der Waals surface area contributed by atoms with Crippen LogP contribution in [-0.2, 0) is 27.2 Å². The third-order valence-corrected chi connectivity index (χ3v) is 2.26. The van der Waals surface area contributed by atoms with E-state index in [1.807, 2.05) is 6.07 Å². The Hall–Kier alpha value is -1.53. The van der Waals surface area contributed by atoms with Crippen molar-refractivity contribution in [1.29, 1.82) is 5.41 Å². The molecular weight excluding hydrogens is 230 g/mol. The van der Waals surface area contributed by atoms with E-state index in [4.69, 9.17) is 14.7 Å². The lowest BCUT2D eigenvalue weighted by molar-refractivity contribution is -0.136. The predicted octanol–water partition coefficient (Wildman–Crippen LogP) is 0.971. The molecule has 0 aromatic heterocycles. The third-order valence-electron chi connectivity index (χ3n) is 1.73. The van der Waals surface area contributed by atoms with Crippen LogP contribution in [0, 0.1) is 5.41 Å². The van der Waals surface area contributed by atoms with Crippen LogP contribution in [0.2, 0.25) is 0 Å². The normalized spacial score (nSPS) is 11.8. The van der Waals surface area contributed by atoms with E-state index < -0.39 is 28.5 Å². The molecule has 0 spiro atoms. The first-order chi connectivity index (χ1) is 7.59. The molecular formula is C10H11NO4S. The van der Waals surface area contributed by atoms with Gasteiger partial charge in [0.2, 0.25) is 0 Å². The van der Waals surface area contributed by atoms with Gasteiger partial charge in [-0.1, -0.05) is 30.3 Å². The second-order valence-corrected chi connectivity index (χ2v) is 3.94. The quantitative estimate of drug-likeness (QED) is 0.457. The summed E-state index contributed by atoms with van der Waals surface area (Å²) < 4.78 is 23.6. The molecule has 86 valence electrons. The van der Waals surface area contributed by atoms with Gasteiger partial charge in [-0.3, -0.25) is 5.41 Å². The van der Waals surface area contributed by atoms with Gasteiger partial charge in [0.05, 0.1) is 5.75 Å². The molecule has 0 amide bonds. The number of nitrogens with one attached hydrogen (secondary N) is 1. The van der Waals surface area contributed by atoms with Crippen molar-refractivity contribution in [1.82, 2.24) is 0 Å². The first-order valence-electron chi connectivity index (χ1n) is 4.45. The average Bonchev–Trinajstić information content (AvgIpc) is 2.26. The van der Waals surface area contributed by atoms with E-state index in [9.17, 15) is 9.00 Å². The molecule has 6 heteroatoms. The summed E-state index contributed by atoms with van der Waals surface area (Å²) in [6, 6.07) is 9.00. The Morgan fingerprint density at radius 1 is 1.38 bits per heavy atom. The summed E-state index contributed by atoms with van der Waals surface area (Å²) in [7, 11) is 0. The fourth-order valence-corrected chi connectivity index (χ4v) is 1.36. The number of hydrogen-bond donors (Lipinski definition) is 2. The van der Waals surface area contributed by atoms with Crippen molar-refractivity contribution in [3.63, 3.8) is 0 Å². The number of ether oxygens (including phenoxy) is 1. The average molecular weight is 241 g/mol. The maximum absolute atomic E-state index is 11.2. The largest absolute Gasteiger partial charge is 0.456 e. The van der Waals surface area contributed by atoms with Crippen LogP contribution in [0.25, 0.3) is 0 Å². The molecule has 1 atom stereocenters. The lowest BCUT2D eigenvalue weighted by Gasteiger charge is -2.04. The molecule has 5 nitrogen and oxygen atoms in total. The molecule has 1 aromatic carbocycles. The van der Waals surface area contributed by atoms with E-state index in [1.54, 1.807) is 24.3 Å². The van der Waals surface area contributed by atoms with Crippen LogP contribution in [0.5, 0.6) is 0 Å². The molecule has 0 saturated carbocycles. The molecule has 0 radical (unpaired) electrons. The van der Waals surface area contributed by atoms with Crippen molar-refractivity contribution in [2.75, 3.05) is 5.75 Å². The van der Waals surface area contributed by atoms with Gasteiger partial charge in [-0.2, -0.15) is 0 Å². The lowest BCUT2D eigenvalue weighted by atomic mass is 10.2. The van der Waals surface area contributed by atoms with Crippen LogP contribution in [0.15, 0.2) is 30.3 Å². The van der Waals surface area contributed by atoms with Crippen molar-refractivity contribution in [3.8, 4) is 0 Å². The molecule has 0 bridgehead atoms. The Labute approximate surface area is 95.2 Å². The Morgan fingerprint density at radius 3 is 2.56 bits per heavy atom. The molecule has 0 aliphatic heterocycles. The van der Waals surface area contributed by atoms with E-state index in [0.717, 1.165) is 5.56 Å². The van der Waals surface area contributed by atoms with Crippen molar-refractivity contribution < 1.29 is 18.3 Å².